The molecule has 27 heavy (non-hydrogen) atoms. The number of hydrogen-bond acceptors (Lipinski definition) is 1. The van der Waals surface area contributed by atoms with Gasteiger partial charge in [-0.25, -0.2) is 0 Å². The molecule has 1 nitrogen and oxygen atoms in total. The fraction of sp³-hybridized carbons (Fsp3) is 0.957. The molecule has 0 saturated heterocycles. The summed E-state index contributed by atoms with van der Waals surface area (Å²) >= 11 is 0. The van der Waals surface area contributed by atoms with Gasteiger partial charge in [0.25, 0.3) is 0 Å². The van der Waals surface area contributed by atoms with Gasteiger partial charge in [0, 0.05) is 6.42 Å². The van der Waals surface area contributed by atoms with Crippen molar-refractivity contribution in [3.8, 4) is 0 Å². The second-order valence-electron chi connectivity index (χ2n) is 10.9. The molecule has 0 aliphatic heterocycles. The van der Waals surface area contributed by atoms with Crippen LogP contribution in [0.15, 0.2) is 0 Å². The van der Waals surface area contributed by atoms with E-state index >= 15 is 0 Å². The zero-order valence-electron chi connectivity index (χ0n) is 17.0. The van der Waals surface area contributed by atoms with Gasteiger partial charge in [-0.1, -0.05) is 20.8 Å². The molecule has 4 aliphatic rings. The summed E-state index contributed by atoms with van der Waals surface area (Å²) in [6.07, 6.45) is 4.81. The summed E-state index contributed by atoms with van der Waals surface area (Å²) in [6, 6.07) is 0. The number of carbonyl (C=O) groups excluding carboxylic acids is 1. The molecule has 0 N–H and O–H groups in total. The Kier molecular flexibility index (Phi) is 4.75. The summed E-state index contributed by atoms with van der Waals surface area (Å²) in [5.41, 5.74) is 0.353. The van der Waals surface area contributed by atoms with Crippen LogP contribution < -0.4 is 0 Å². The smallest absolute Gasteiger partial charge is 0.303 e. The Balaban J connectivity index is 1.57. The molecule has 5 unspecified atom stereocenters. The van der Waals surface area contributed by atoms with Crippen molar-refractivity contribution in [2.45, 2.75) is 84.7 Å². The maximum Gasteiger partial charge on any atom is 0.391 e. The van der Waals surface area contributed by atoms with Crippen molar-refractivity contribution < 1.29 is 18.0 Å². The highest BCUT2D eigenvalue weighted by Gasteiger charge is 2.62. The first kappa shape index (κ1) is 19.8. The fourth-order valence-electron chi connectivity index (χ4n) is 8.63. The van der Waals surface area contributed by atoms with Gasteiger partial charge in [-0.3, -0.25) is 0 Å². The molecule has 0 aromatic heterocycles. The third-order valence-corrected chi connectivity index (χ3v) is 10.1. The van der Waals surface area contributed by atoms with Gasteiger partial charge in [-0.2, -0.15) is 13.2 Å². The summed E-state index contributed by atoms with van der Waals surface area (Å²) < 4.78 is 39.9. The lowest BCUT2D eigenvalue weighted by atomic mass is 9.44. The summed E-state index contributed by atoms with van der Waals surface area (Å²) in [6.45, 7) is 7.06. The van der Waals surface area contributed by atoms with E-state index in [4.69, 9.17) is 0 Å². The predicted molar refractivity (Wildman–Crippen MR) is 100.0 cm³/mol. The number of fused-ring (bicyclic) bond motifs is 5. The van der Waals surface area contributed by atoms with Crippen molar-refractivity contribution in [2.24, 2.45) is 52.3 Å². The summed E-state index contributed by atoms with van der Waals surface area (Å²) in [5, 5.41) is 0. The topological polar surface area (TPSA) is 17.1 Å². The van der Waals surface area contributed by atoms with Crippen molar-refractivity contribution in [3.63, 3.8) is 0 Å². The standard InChI is InChI=1S/C23H35F3O/c1-14-12-20-17-5-4-15-13-16(23(24,25)26)6-9-21(15,2)19(17)7-10-22(20,3)18(14)8-11-27/h11,14-20H,4-10,12-13H2,1-3H3/t14-,15-,16+,17?,18?,19?,20?,21?,22-/m1/s1. The van der Waals surface area contributed by atoms with Crippen molar-refractivity contribution >= 4 is 6.29 Å². The zero-order chi connectivity index (χ0) is 19.6. The van der Waals surface area contributed by atoms with Crippen LogP contribution >= 0.6 is 0 Å². The molecule has 0 amide bonds. The van der Waals surface area contributed by atoms with E-state index in [1.54, 1.807) is 0 Å². The molecule has 4 fully saturated rings. The fourth-order valence-corrected chi connectivity index (χ4v) is 8.63. The van der Waals surface area contributed by atoms with Gasteiger partial charge in [0.1, 0.15) is 6.29 Å². The van der Waals surface area contributed by atoms with E-state index in [0.717, 1.165) is 38.4 Å². The van der Waals surface area contributed by atoms with Gasteiger partial charge in [-0.15, -0.1) is 0 Å². The van der Waals surface area contributed by atoms with Crippen LogP contribution in [-0.2, 0) is 4.79 Å². The molecular weight excluding hydrogens is 349 g/mol. The largest absolute Gasteiger partial charge is 0.391 e. The van der Waals surface area contributed by atoms with Gasteiger partial charge in [0.15, 0.2) is 0 Å². The van der Waals surface area contributed by atoms with Crippen LogP contribution in [0.3, 0.4) is 0 Å². The maximum absolute atomic E-state index is 13.3. The molecule has 0 aromatic rings. The number of alkyl halides is 3. The first-order valence-electron chi connectivity index (χ1n) is 11.1. The van der Waals surface area contributed by atoms with Crippen LogP contribution in [0.5, 0.6) is 0 Å². The molecule has 4 saturated carbocycles. The summed E-state index contributed by atoms with van der Waals surface area (Å²) in [4.78, 5) is 11.3. The second kappa shape index (κ2) is 6.49. The monoisotopic (exact) mass is 384 g/mol. The van der Waals surface area contributed by atoms with Gasteiger partial charge >= 0.3 is 6.18 Å². The van der Waals surface area contributed by atoms with Crippen LogP contribution in [0.2, 0.25) is 0 Å². The molecule has 9 atom stereocenters. The summed E-state index contributed by atoms with van der Waals surface area (Å²) in [5.74, 6) is 2.16. The number of aldehydes is 1. The lowest BCUT2D eigenvalue weighted by Gasteiger charge is -2.61. The van der Waals surface area contributed by atoms with Crippen LogP contribution in [-0.4, -0.2) is 12.5 Å². The van der Waals surface area contributed by atoms with E-state index in [-0.39, 0.29) is 16.7 Å². The van der Waals surface area contributed by atoms with Crippen molar-refractivity contribution in [1.29, 1.82) is 0 Å². The van der Waals surface area contributed by atoms with Gasteiger partial charge in [0.2, 0.25) is 0 Å². The SMILES string of the molecule is C[C@@H]1CC2C3CC[C@@H]4C[C@@H](C(F)(F)F)CCC4(C)C3CC[C@]2(C)C1CC=O. The lowest BCUT2D eigenvalue weighted by molar-refractivity contribution is -0.208. The highest BCUT2D eigenvalue weighted by atomic mass is 19.4. The first-order valence-corrected chi connectivity index (χ1v) is 11.1. The normalized spacial score (nSPS) is 52.6. The molecule has 0 heterocycles. The molecule has 4 aliphatic carbocycles. The van der Waals surface area contributed by atoms with Gasteiger partial charge < -0.3 is 4.79 Å². The van der Waals surface area contributed by atoms with E-state index in [9.17, 15) is 18.0 Å². The Bertz CT molecular complexity index is 587. The number of halogens is 3. The highest BCUT2D eigenvalue weighted by molar-refractivity contribution is 5.50. The molecule has 4 heteroatoms. The van der Waals surface area contributed by atoms with E-state index in [1.165, 1.54) is 6.42 Å². The number of carbonyl (C=O) groups is 1. The second-order valence-corrected chi connectivity index (χ2v) is 10.9. The molecular formula is C23H35F3O. The number of hydrogen-bond donors (Lipinski definition) is 0. The van der Waals surface area contributed by atoms with E-state index < -0.39 is 12.1 Å². The molecule has 0 radical (unpaired) electrons. The minimum absolute atomic E-state index is 0.0952. The minimum Gasteiger partial charge on any atom is -0.303 e. The van der Waals surface area contributed by atoms with Crippen LogP contribution in [0.4, 0.5) is 13.2 Å². The van der Waals surface area contributed by atoms with E-state index in [1.807, 2.05) is 0 Å². The Morgan fingerprint density at radius 3 is 2.33 bits per heavy atom. The maximum atomic E-state index is 13.3. The zero-order valence-corrected chi connectivity index (χ0v) is 17.0. The third-order valence-electron chi connectivity index (χ3n) is 10.1. The van der Waals surface area contributed by atoms with Crippen molar-refractivity contribution in [3.05, 3.63) is 0 Å². The Labute approximate surface area is 161 Å². The Morgan fingerprint density at radius 1 is 0.963 bits per heavy atom. The molecule has 0 aromatic carbocycles. The average Bonchev–Trinajstić information content (AvgIpc) is 2.85. The van der Waals surface area contributed by atoms with Gasteiger partial charge in [-0.05, 0) is 97.7 Å². The average molecular weight is 385 g/mol. The van der Waals surface area contributed by atoms with Crippen LogP contribution in [0.1, 0.15) is 78.6 Å². The van der Waals surface area contributed by atoms with E-state index in [0.29, 0.717) is 48.9 Å². The van der Waals surface area contributed by atoms with Crippen molar-refractivity contribution in [1.82, 2.24) is 0 Å². The first-order chi connectivity index (χ1) is 12.6. The Morgan fingerprint density at radius 2 is 1.67 bits per heavy atom. The molecule has 154 valence electrons. The molecule has 4 rings (SSSR count). The lowest BCUT2D eigenvalue weighted by Crippen LogP contribution is -2.54. The number of rotatable bonds is 2. The van der Waals surface area contributed by atoms with Crippen LogP contribution in [0, 0.1) is 52.3 Å². The third kappa shape index (κ3) is 2.90. The van der Waals surface area contributed by atoms with Crippen LogP contribution in [0.25, 0.3) is 0 Å². The predicted octanol–water partition coefficient (Wildman–Crippen LogP) is 6.66. The molecule has 0 bridgehead atoms. The summed E-state index contributed by atoms with van der Waals surface area (Å²) in [7, 11) is 0. The van der Waals surface area contributed by atoms with Gasteiger partial charge in [0.05, 0.1) is 5.92 Å². The Hall–Kier alpha value is -0.540. The molecule has 0 spiro atoms. The minimum atomic E-state index is -4.02. The van der Waals surface area contributed by atoms with E-state index in [2.05, 4.69) is 20.8 Å². The quantitative estimate of drug-likeness (QED) is 0.487. The highest BCUT2D eigenvalue weighted by Crippen LogP contribution is 2.69. The van der Waals surface area contributed by atoms with Crippen molar-refractivity contribution in [2.75, 3.05) is 0 Å².